The standard InChI is InChI=1S/C24H30N2O2S.C2HF3O2/c27-23(26-11-13-28-14-12-26)16-19-17-24(22-6-2-1-5-21(19)22)7-9-25(10-8-24)18-20-4-3-15-29-20;3-2(4,5)1(6)7/h1-6,15,19H,7-14,16-18H2;(H,6,7). The number of carbonyl (C=O) groups excluding carboxylic acids is 1. The molecular weight excluding hydrogens is 493 g/mol. The van der Waals surface area contributed by atoms with Crippen molar-refractivity contribution < 1.29 is 32.6 Å². The fourth-order valence-corrected chi connectivity index (χ4v) is 6.34. The molecule has 0 radical (unpaired) electrons. The Morgan fingerprint density at radius 2 is 1.72 bits per heavy atom. The van der Waals surface area contributed by atoms with Gasteiger partial charge in [0.25, 0.3) is 0 Å². The van der Waals surface area contributed by atoms with E-state index in [1.165, 1.54) is 28.8 Å². The summed E-state index contributed by atoms with van der Waals surface area (Å²) in [6.07, 6.45) is -0.887. The Balaban J connectivity index is 0.000000384. The lowest BCUT2D eigenvalue weighted by molar-refractivity contribution is -0.192. The highest BCUT2D eigenvalue weighted by Crippen LogP contribution is 2.52. The van der Waals surface area contributed by atoms with Crippen LogP contribution in [0.15, 0.2) is 41.8 Å². The van der Waals surface area contributed by atoms with Gasteiger partial charge in [-0.05, 0) is 66.3 Å². The Labute approximate surface area is 212 Å². The van der Waals surface area contributed by atoms with Crippen LogP contribution in [0.3, 0.4) is 0 Å². The molecule has 3 heterocycles. The summed E-state index contributed by atoms with van der Waals surface area (Å²) in [7, 11) is 0. The first-order valence-corrected chi connectivity index (χ1v) is 13.1. The van der Waals surface area contributed by atoms with E-state index < -0.39 is 12.1 Å². The minimum atomic E-state index is -5.08. The van der Waals surface area contributed by atoms with Gasteiger partial charge in [0, 0.05) is 30.9 Å². The number of nitrogens with zero attached hydrogens (tertiary/aromatic N) is 2. The number of halogens is 3. The van der Waals surface area contributed by atoms with Crippen molar-refractivity contribution in [1.82, 2.24) is 9.80 Å². The highest BCUT2D eigenvalue weighted by molar-refractivity contribution is 7.09. The van der Waals surface area contributed by atoms with Crippen LogP contribution >= 0.6 is 11.3 Å². The number of rotatable bonds is 4. The Morgan fingerprint density at radius 1 is 1.06 bits per heavy atom. The largest absolute Gasteiger partial charge is 0.490 e. The van der Waals surface area contributed by atoms with E-state index in [1.807, 2.05) is 16.2 Å². The number of carbonyl (C=O) groups is 2. The molecule has 3 aliphatic rings. The summed E-state index contributed by atoms with van der Waals surface area (Å²) in [5, 5.41) is 9.30. The summed E-state index contributed by atoms with van der Waals surface area (Å²) in [6, 6.07) is 13.3. The molecule has 1 aromatic carbocycles. The molecule has 1 spiro atoms. The second-order valence-corrected chi connectivity index (χ2v) is 10.7. The highest BCUT2D eigenvalue weighted by atomic mass is 32.1. The van der Waals surface area contributed by atoms with Gasteiger partial charge in [0.2, 0.25) is 5.91 Å². The summed E-state index contributed by atoms with van der Waals surface area (Å²) in [4.78, 5) is 27.9. The number of fused-ring (bicyclic) bond motifs is 2. The van der Waals surface area contributed by atoms with Gasteiger partial charge in [-0.3, -0.25) is 9.69 Å². The predicted molar refractivity (Wildman–Crippen MR) is 130 cm³/mol. The van der Waals surface area contributed by atoms with Gasteiger partial charge in [0.05, 0.1) is 13.2 Å². The van der Waals surface area contributed by atoms with Crippen molar-refractivity contribution in [3.63, 3.8) is 0 Å². The fraction of sp³-hybridized carbons (Fsp3) is 0.538. The van der Waals surface area contributed by atoms with Gasteiger partial charge in [0.1, 0.15) is 0 Å². The minimum Gasteiger partial charge on any atom is -0.475 e. The maximum absolute atomic E-state index is 12.9. The monoisotopic (exact) mass is 524 g/mol. The number of benzene rings is 1. The summed E-state index contributed by atoms with van der Waals surface area (Å²) < 4.78 is 37.2. The fourth-order valence-electron chi connectivity index (χ4n) is 5.60. The number of hydrogen-bond acceptors (Lipinski definition) is 5. The third-order valence-corrected chi connectivity index (χ3v) is 8.27. The third-order valence-electron chi connectivity index (χ3n) is 7.41. The molecule has 2 fully saturated rings. The molecule has 1 aliphatic carbocycles. The highest BCUT2D eigenvalue weighted by Gasteiger charge is 2.45. The van der Waals surface area contributed by atoms with Gasteiger partial charge in [-0.25, -0.2) is 4.79 Å². The second kappa shape index (κ2) is 11.3. The lowest BCUT2D eigenvalue weighted by Crippen LogP contribution is -2.42. The summed E-state index contributed by atoms with van der Waals surface area (Å²) in [5.41, 5.74) is 3.22. The minimum absolute atomic E-state index is 0.262. The molecule has 2 aliphatic heterocycles. The van der Waals surface area contributed by atoms with Crippen LogP contribution in [0.25, 0.3) is 0 Å². The lowest BCUT2D eigenvalue weighted by Gasteiger charge is -2.40. The Hall–Kier alpha value is -2.43. The smallest absolute Gasteiger partial charge is 0.475 e. The lowest BCUT2D eigenvalue weighted by atomic mass is 9.73. The number of amides is 1. The number of thiophene rings is 1. The number of alkyl halides is 3. The van der Waals surface area contributed by atoms with E-state index in [0.29, 0.717) is 31.5 Å². The Bertz CT molecular complexity index is 1030. The van der Waals surface area contributed by atoms with Gasteiger partial charge in [-0.15, -0.1) is 11.3 Å². The molecule has 1 atom stereocenters. The van der Waals surface area contributed by atoms with E-state index in [4.69, 9.17) is 14.6 Å². The van der Waals surface area contributed by atoms with Crippen molar-refractivity contribution >= 4 is 23.2 Å². The van der Waals surface area contributed by atoms with Crippen molar-refractivity contribution in [2.24, 2.45) is 0 Å². The van der Waals surface area contributed by atoms with E-state index in [1.54, 1.807) is 0 Å². The molecule has 36 heavy (non-hydrogen) atoms. The number of likely N-dealkylation sites (tertiary alicyclic amines) is 1. The molecule has 0 saturated carbocycles. The first-order chi connectivity index (χ1) is 17.2. The predicted octanol–water partition coefficient (Wildman–Crippen LogP) is 4.65. The number of piperidine rings is 1. The van der Waals surface area contributed by atoms with Crippen LogP contribution in [0, 0.1) is 0 Å². The zero-order valence-electron chi connectivity index (χ0n) is 20.0. The van der Waals surface area contributed by atoms with E-state index in [2.05, 4.69) is 46.7 Å². The molecule has 196 valence electrons. The molecule has 6 nitrogen and oxygen atoms in total. The van der Waals surface area contributed by atoms with Gasteiger partial charge < -0.3 is 14.7 Å². The number of aliphatic carboxylic acids is 1. The number of carboxylic acids is 1. The SMILES string of the molecule is O=C(CC1CC2(CCN(Cc3cccs3)CC2)c2ccccc21)N1CCOCC1.O=C(O)C(F)(F)F. The average molecular weight is 525 g/mol. The van der Waals surface area contributed by atoms with Crippen LogP contribution in [0.4, 0.5) is 13.2 Å². The maximum Gasteiger partial charge on any atom is 0.490 e. The molecule has 1 unspecified atom stereocenters. The second-order valence-electron chi connectivity index (χ2n) is 9.62. The molecule has 1 amide bonds. The van der Waals surface area contributed by atoms with Crippen molar-refractivity contribution in [1.29, 1.82) is 0 Å². The molecule has 1 aromatic heterocycles. The van der Waals surface area contributed by atoms with Crippen LogP contribution in [0.5, 0.6) is 0 Å². The van der Waals surface area contributed by atoms with E-state index in [9.17, 15) is 18.0 Å². The summed E-state index contributed by atoms with van der Waals surface area (Å²) in [6.45, 7) is 6.22. The zero-order chi connectivity index (χ0) is 25.8. The van der Waals surface area contributed by atoms with E-state index >= 15 is 0 Å². The van der Waals surface area contributed by atoms with Gasteiger partial charge >= 0.3 is 12.1 Å². The molecule has 2 saturated heterocycles. The quantitative estimate of drug-likeness (QED) is 0.631. The average Bonchev–Trinajstić information content (AvgIpc) is 3.48. The summed E-state index contributed by atoms with van der Waals surface area (Å²) in [5.74, 6) is -2.09. The number of hydrogen-bond donors (Lipinski definition) is 1. The van der Waals surface area contributed by atoms with Crippen molar-refractivity contribution in [2.45, 2.75) is 49.7 Å². The maximum atomic E-state index is 12.9. The topological polar surface area (TPSA) is 70.1 Å². The van der Waals surface area contributed by atoms with Crippen molar-refractivity contribution in [3.05, 3.63) is 57.8 Å². The van der Waals surface area contributed by atoms with Crippen LogP contribution in [-0.2, 0) is 26.3 Å². The van der Waals surface area contributed by atoms with Crippen molar-refractivity contribution in [2.75, 3.05) is 39.4 Å². The molecule has 5 rings (SSSR count). The van der Waals surface area contributed by atoms with Gasteiger partial charge in [-0.2, -0.15) is 13.2 Å². The van der Waals surface area contributed by atoms with Crippen molar-refractivity contribution in [3.8, 4) is 0 Å². The Morgan fingerprint density at radius 3 is 2.33 bits per heavy atom. The normalized spacial score (nSPS) is 21.5. The molecule has 10 heteroatoms. The van der Waals surface area contributed by atoms with Crippen LogP contribution in [0.1, 0.15) is 47.6 Å². The Kier molecular flexibility index (Phi) is 8.37. The van der Waals surface area contributed by atoms with Gasteiger partial charge in [0.15, 0.2) is 0 Å². The first-order valence-electron chi connectivity index (χ1n) is 12.2. The number of ether oxygens (including phenoxy) is 1. The third kappa shape index (κ3) is 6.27. The zero-order valence-corrected chi connectivity index (χ0v) is 20.8. The molecule has 1 N–H and O–H groups in total. The summed E-state index contributed by atoms with van der Waals surface area (Å²) >= 11 is 1.86. The van der Waals surface area contributed by atoms with Gasteiger partial charge in [-0.1, -0.05) is 30.3 Å². The van der Waals surface area contributed by atoms with E-state index in [-0.39, 0.29) is 5.41 Å². The van der Waals surface area contributed by atoms with E-state index in [0.717, 1.165) is 39.1 Å². The molecule has 0 bridgehead atoms. The van der Waals surface area contributed by atoms with Crippen LogP contribution in [0.2, 0.25) is 0 Å². The van der Waals surface area contributed by atoms with Crippen LogP contribution in [-0.4, -0.2) is 72.4 Å². The number of carboxylic acid groups (broad SMARTS) is 1. The molecule has 2 aromatic rings. The molecular formula is C26H31F3N2O4S. The number of morpholine rings is 1. The first kappa shape index (κ1) is 26.6. The van der Waals surface area contributed by atoms with Crippen LogP contribution < -0.4 is 0 Å².